The second kappa shape index (κ2) is 9.50. The average molecular weight is 388 g/mol. The van der Waals surface area contributed by atoms with Gasteiger partial charge >= 0.3 is 0 Å². The summed E-state index contributed by atoms with van der Waals surface area (Å²) in [5.74, 6) is 1.52. The van der Waals surface area contributed by atoms with E-state index < -0.39 is 0 Å². The first-order chi connectivity index (χ1) is 14.2. The summed E-state index contributed by atoms with van der Waals surface area (Å²) in [5.41, 5.74) is 4.19. The highest BCUT2D eigenvalue weighted by Gasteiger charge is 2.12. The Morgan fingerprint density at radius 3 is 2.66 bits per heavy atom. The minimum atomic E-state index is 0.618. The third-order valence-corrected chi connectivity index (χ3v) is 4.29. The topological polar surface area (TPSA) is 59.3 Å². The number of hydrogen-bond acceptors (Lipinski definition) is 6. The van der Waals surface area contributed by atoms with Gasteiger partial charge in [-0.05, 0) is 55.8 Å². The van der Waals surface area contributed by atoms with Crippen molar-refractivity contribution in [3.8, 4) is 22.6 Å². The summed E-state index contributed by atoms with van der Waals surface area (Å²) in [6, 6.07) is 19.4. The van der Waals surface area contributed by atoms with E-state index in [1.807, 2.05) is 74.5 Å². The molecular weight excluding hydrogens is 364 g/mol. The smallest absolute Gasteiger partial charge is 0.128 e. The number of methoxy groups -OCH3 is 1. The molecule has 1 aromatic heterocycles. The number of rotatable bonds is 8. The number of hydrogen-bond donors (Lipinski definition) is 0. The molecule has 0 unspecified atom stereocenters. The number of pyridine rings is 1. The third kappa shape index (κ3) is 4.79. The molecule has 3 aromatic rings. The molecule has 3 rings (SSSR count). The molecule has 6 heteroatoms. The van der Waals surface area contributed by atoms with Crippen molar-refractivity contribution in [2.45, 2.75) is 13.8 Å². The molecule has 0 saturated heterocycles. The van der Waals surface area contributed by atoms with Crippen LogP contribution in [0.5, 0.6) is 11.5 Å². The van der Waals surface area contributed by atoms with E-state index in [1.165, 1.54) is 5.12 Å². The highest BCUT2D eigenvalue weighted by atomic mass is 16.5. The van der Waals surface area contributed by atoms with Gasteiger partial charge < -0.3 is 9.47 Å². The standard InChI is InChI=1S/C23H24N4O2/c1-5-29-20-10-8-9-18(15-20)21-13-12-19(16-23(21)28-4)27(24-3)26-17(2)22-11-6-7-14-25-22/h6-16H,3,5H2,1-2,4H3/b26-17+. The monoisotopic (exact) mass is 388 g/mol. The molecule has 0 amide bonds. The van der Waals surface area contributed by atoms with Gasteiger partial charge in [0.1, 0.15) is 11.5 Å². The van der Waals surface area contributed by atoms with E-state index in [0.717, 1.165) is 34.0 Å². The lowest BCUT2D eigenvalue weighted by Crippen LogP contribution is -2.12. The maximum Gasteiger partial charge on any atom is 0.128 e. The Kier molecular flexibility index (Phi) is 6.58. The first-order valence-corrected chi connectivity index (χ1v) is 9.31. The maximum absolute atomic E-state index is 5.63. The normalized spacial score (nSPS) is 11.1. The minimum Gasteiger partial charge on any atom is -0.496 e. The molecule has 1 heterocycles. The molecule has 0 N–H and O–H groups in total. The van der Waals surface area contributed by atoms with Crippen molar-refractivity contribution in [1.29, 1.82) is 0 Å². The van der Waals surface area contributed by atoms with E-state index in [1.54, 1.807) is 13.3 Å². The quantitative estimate of drug-likeness (QED) is 0.402. The lowest BCUT2D eigenvalue weighted by atomic mass is 10.0. The van der Waals surface area contributed by atoms with Crippen LogP contribution in [0.2, 0.25) is 0 Å². The second-order valence-electron chi connectivity index (χ2n) is 6.18. The van der Waals surface area contributed by atoms with Gasteiger partial charge in [-0.2, -0.15) is 15.3 Å². The predicted octanol–water partition coefficient (Wildman–Crippen LogP) is 5.00. The summed E-state index contributed by atoms with van der Waals surface area (Å²) in [5, 5.41) is 10.0. The van der Waals surface area contributed by atoms with Gasteiger partial charge in [0.25, 0.3) is 0 Å². The van der Waals surface area contributed by atoms with Crippen LogP contribution in [-0.2, 0) is 0 Å². The van der Waals surface area contributed by atoms with Crippen molar-refractivity contribution in [3.05, 3.63) is 72.6 Å². The molecule has 0 spiro atoms. The van der Waals surface area contributed by atoms with E-state index in [4.69, 9.17) is 9.47 Å². The number of aromatic nitrogens is 1. The van der Waals surface area contributed by atoms with Crippen LogP contribution in [0.25, 0.3) is 11.1 Å². The largest absolute Gasteiger partial charge is 0.496 e. The Hall–Kier alpha value is -3.67. The van der Waals surface area contributed by atoms with Crippen molar-refractivity contribution in [1.82, 2.24) is 4.98 Å². The number of nitrogens with zero attached hydrogens (tertiary/aromatic N) is 4. The molecule has 0 aliphatic rings. The molecule has 0 fully saturated rings. The van der Waals surface area contributed by atoms with Crippen LogP contribution in [0.15, 0.2) is 77.1 Å². The number of hydrazone groups is 2. The van der Waals surface area contributed by atoms with Crippen molar-refractivity contribution >= 4 is 18.1 Å². The molecule has 148 valence electrons. The van der Waals surface area contributed by atoms with Gasteiger partial charge in [0.15, 0.2) is 0 Å². The first kappa shape index (κ1) is 20.1. The highest BCUT2D eigenvalue weighted by molar-refractivity contribution is 5.97. The molecule has 0 radical (unpaired) electrons. The molecule has 0 aliphatic heterocycles. The summed E-state index contributed by atoms with van der Waals surface area (Å²) in [4.78, 5) is 4.31. The van der Waals surface area contributed by atoms with Crippen molar-refractivity contribution < 1.29 is 9.47 Å². The van der Waals surface area contributed by atoms with E-state index in [9.17, 15) is 0 Å². The van der Waals surface area contributed by atoms with Gasteiger partial charge in [-0.1, -0.05) is 18.2 Å². The summed E-state index contributed by atoms with van der Waals surface area (Å²) < 4.78 is 11.2. The number of benzene rings is 2. The van der Waals surface area contributed by atoms with Crippen LogP contribution >= 0.6 is 0 Å². The third-order valence-electron chi connectivity index (χ3n) is 4.29. The maximum atomic E-state index is 5.63. The Labute approximate surface area is 171 Å². The van der Waals surface area contributed by atoms with Gasteiger partial charge in [0.05, 0.1) is 30.8 Å². The molecule has 0 atom stereocenters. The van der Waals surface area contributed by atoms with Crippen LogP contribution < -0.4 is 14.6 Å². The molecular formula is C23H24N4O2. The van der Waals surface area contributed by atoms with Crippen LogP contribution in [0.3, 0.4) is 0 Å². The minimum absolute atomic E-state index is 0.618. The Morgan fingerprint density at radius 2 is 1.97 bits per heavy atom. The lowest BCUT2D eigenvalue weighted by molar-refractivity contribution is 0.340. The summed E-state index contributed by atoms with van der Waals surface area (Å²) in [6.45, 7) is 8.11. The zero-order valence-corrected chi connectivity index (χ0v) is 16.9. The van der Waals surface area contributed by atoms with Gasteiger partial charge in [0.2, 0.25) is 0 Å². The second-order valence-corrected chi connectivity index (χ2v) is 6.18. The first-order valence-electron chi connectivity index (χ1n) is 9.31. The fourth-order valence-electron chi connectivity index (χ4n) is 2.90. The Morgan fingerprint density at radius 1 is 1.10 bits per heavy atom. The predicted molar refractivity (Wildman–Crippen MR) is 118 cm³/mol. The van der Waals surface area contributed by atoms with Crippen molar-refractivity contribution in [2.24, 2.45) is 10.2 Å². The molecule has 0 bridgehead atoms. The molecule has 0 saturated carbocycles. The number of ether oxygens (including phenoxy) is 2. The van der Waals surface area contributed by atoms with E-state index in [0.29, 0.717) is 12.4 Å². The Bertz CT molecular complexity index is 1000. The molecule has 0 aliphatic carbocycles. The Balaban J connectivity index is 1.95. The summed E-state index contributed by atoms with van der Waals surface area (Å²) in [6.07, 6.45) is 1.73. The molecule has 29 heavy (non-hydrogen) atoms. The molecule has 2 aromatic carbocycles. The molecule has 6 nitrogen and oxygen atoms in total. The zero-order valence-electron chi connectivity index (χ0n) is 16.9. The van der Waals surface area contributed by atoms with E-state index in [2.05, 4.69) is 21.9 Å². The van der Waals surface area contributed by atoms with Crippen LogP contribution in [-0.4, -0.2) is 31.1 Å². The SMILES string of the molecule is C=NN(/N=C(\C)c1ccccn1)c1ccc(-c2cccc(OCC)c2)c(OC)c1. The van der Waals surface area contributed by atoms with Gasteiger partial charge in [0, 0.05) is 24.5 Å². The average Bonchev–Trinajstić information content (AvgIpc) is 2.78. The zero-order chi connectivity index (χ0) is 20.6. The fourth-order valence-corrected chi connectivity index (χ4v) is 2.90. The van der Waals surface area contributed by atoms with E-state index in [-0.39, 0.29) is 0 Å². The van der Waals surface area contributed by atoms with E-state index >= 15 is 0 Å². The number of anilines is 1. The summed E-state index contributed by atoms with van der Waals surface area (Å²) >= 11 is 0. The fraction of sp³-hybridized carbons (Fsp3) is 0.174. The highest BCUT2D eigenvalue weighted by Crippen LogP contribution is 2.35. The van der Waals surface area contributed by atoms with Crippen molar-refractivity contribution in [2.75, 3.05) is 18.8 Å². The summed E-state index contributed by atoms with van der Waals surface area (Å²) in [7, 11) is 1.64. The van der Waals surface area contributed by atoms with Crippen LogP contribution in [0.4, 0.5) is 5.69 Å². The van der Waals surface area contributed by atoms with Gasteiger partial charge in [-0.25, -0.2) is 0 Å². The van der Waals surface area contributed by atoms with Crippen LogP contribution in [0.1, 0.15) is 19.5 Å². The van der Waals surface area contributed by atoms with Crippen molar-refractivity contribution in [3.63, 3.8) is 0 Å². The van der Waals surface area contributed by atoms with Gasteiger partial charge in [-0.15, -0.1) is 0 Å². The van der Waals surface area contributed by atoms with Crippen LogP contribution in [0, 0.1) is 0 Å². The lowest BCUT2D eigenvalue weighted by Gasteiger charge is -2.17. The van der Waals surface area contributed by atoms with Gasteiger partial charge in [-0.3, -0.25) is 4.98 Å².